The van der Waals surface area contributed by atoms with Crippen LogP contribution in [0.5, 0.6) is 5.75 Å². The summed E-state index contributed by atoms with van der Waals surface area (Å²) in [7, 11) is 7.31. The zero-order valence-electron chi connectivity index (χ0n) is 20.2. The van der Waals surface area contributed by atoms with Crippen molar-refractivity contribution >= 4 is 29.0 Å². The molecule has 3 rings (SSSR count). The van der Waals surface area contributed by atoms with Crippen LogP contribution in [0.3, 0.4) is 0 Å². The van der Waals surface area contributed by atoms with E-state index in [9.17, 15) is 5.26 Å². The van der Waals surface area contributed by atoms with Crippen molar-refractivity contribution in [1.29, 1.82) is 10.7 Å². The van der Waals surface area contributed by atoms with Crippen LogP contribution in [0.4, 0.5) is 23.1 Å². The summed E-state index contributed by atoms with van der Waals surface area (Å²) >= 11 is 0. The molecule has 176 valence electrons. The van der Waals surface area contributed by atoms with E-state index in [-0.39, 0.29) is 0 Å². The SMILES string of the molecule is COc1ccc(N(C)c2ncc(C#N)c(N(C)CC[C@H]3CCCCN3)n2)cc1N(C)C(C)=N. The molecule has 1 aliphatic heterocycles. The molecule has 2 aromatic rings. The Bertz CT molecular complexity index is 1010. The standard InChI is InChI=1S/C24H34N8O/c1-17(26)31(3)21-14-20(9-10-22(21)33-5)32(4)24-28-16-18(15-25)23(29-24)30(2)13-11-19-8-6-7-12-27-19/h9-10,14,16,19,26-27H,6-8,11-13H2,1-5H3/t19-/m1/s1. The zero-order valence-corrected chi connectivity index (χ0v) is 20.2. The number of hydrogen-bond donors (Lipinski definition) is 2. The van der Waals surface area contributed by atoms with E-state index >= 15 is 0 Å². The van der Waals surface area contributed by atoms with Crippen molar-refractivity contribution in [3.05, 3.63) is 30.0 Å². The third-order valence-electron chi connectivity index (χ3n) is 6.18. The molecule has 1 aromatic carbocycles. The minimum Gasteiger partial charge on any atom is -0.495 e. The number of hydrogen-bond acceptors (Lipinski definition) is 8. The molecule has 33 heavy (non-hydrogen) atoms. The molecule has 2 N–H and O–H groups in total. The number of rotatable bonds is 8. The molecule has 9 heteroatoms. The van der Waals surface area contributed by atoms with Gasteiger partial charge in [0, 0.05) is 39.4 Å². The highest BCUT2D eigenvalue weighted by molar-refractivity contribution is 5.95. The van der Waals surface area contributed by atoms with Gasteiger partial charge < -0.3 is 24.8 Å². The maximum absolute atomic E-state index is 9.62. The molecule has 2 heterocycles. The van der Waals surface area contributed by atoms with Gasteiger partial charge in [-0.2, -0.15) is 10.2 Å². The van der Waals surface area contributed by atoms with Crippen molar-refractivity contribution in [2.24, 2.45) is 0 Å². The lowest BCUT2D eigenvalue weighted by atomic mass is 10.0. The number of nitriles is 1. The predicted molar refractivity (Wildman–Crippen MR) is 133 cm³/mol. The van der Waals surface area contributed by atoms with Gasteiger partial charge in [0.15, 0.2) is 5.82 Å². The average Bonchev–Trinajstić information content (AvgIpc) is 2.86. The number of amidine groups is 1. The highest BCUT2D eigenvalue weighted by atomic mass is 16.5. The number of piperidine rings is 1. The van der Waals surface area contributed by atoms with E-state index in [0.717, 1.165) is 30.9 Å². The third kappa shape index (κ3) is 5.71. The Balaban J connectivity index is 1.85. The molecule has 0 spiro atoms. The Hall–Kier alpha value is -3.38. The van der Waals surface area contributed by atoms with Crippen LogP contribution in [0, 0.1) is 16.7 Å². The first kappa shape index (κ1) is 24.3. The molecular formula is C24H34N8O. The summed E-state index contributed by atoms with van der Waals surface area (Å²) < 4.78 is 5.48. The summed E-state index contributed by atoms with van der Waals surface area (Å²) in [6.45, 7) is 3.62. The molecule has 1 fully saturated rings. The van der Waals surface area contributed by atoms with Crippen molar-refractivity contribution in [1.82, 2.24) is 15.3 Å². The highest BCUT2D eigenvalue weighted by Gasteiger charge is 2.19. The molecule has 0 aliphatic carbocycles. The van der Waals surface area contributed by atoms with Gasteiger partial charge in [0.1, 0.15) is 17.4 Å². The van der Waals surface area contributed by atoms with Crippen LogP contribution in [0.15, 0.2) is 24.4 Å². The minimum atomic E-state index is 0.402. The molecule has 1 aromatic heterocycles. The van der Waals surface area contributed by atoms with Crippen molar-refractivity contribution in [3.8, 4) is 11.8 Å². The van der Waals surface area contributed by atoms with Crippen molar-refractivity contribution in [2.45, 2.75) is 38.6 Å². The zero-order chi connectivity index (χ0) is 24.0. The summed E-state index contributed by atoms with van der Waals surface area (Å²) in [5.41, 5.74) is 2.09. The van der Waals surface area contributed by atoms with E-state index in [1.54, 1.807) is 25.1 Å². The number of nitrogens with one attached hydrogen (secondary N) is 2. The number of nitrogens with zero attached hydrogens (tertiary/aromatic N) is 6. The maximum atomic E-state index is 9.62. The second-order valence-corrected chi connectivity index (χ2v) is 8.44. The fourth-order valence-electron chi connectivity index (χ4n) is 3.97. The van der Waals surface area contributed by atoms with Gasteiger partial charge >= 0.3 is 0 Å². The molecule has 1 aliphatic rings. The second kappa shape index (κ2) is 11.0. The molecule has 0 unspecified atom stereocenters. The summed E-state index contributed by atoms with van der Waals surface area (Å²) in [5.74, 6) is 2.21. The normalized spacial score (nSPS) is 15.5. The van der Waals surface area contributed by atoms with E-state index in [1.165, 1.54) is 19.3 Å². The van der Waals surface area contributed by atoms with Crippen molar-refractivity contribution < 1.29 is 4.74 Å². The summed E-state index contributed by atoms with van der Waals surface area (Å²) in [4.78, 5) is 14.9. The second-order valence-electron chi connectivity index (χ2n) is 8.44. The first-order chi connectivity index (χ1) is 15.8. The quantitative estimate of drug-likeness (QED) is 0.465. The van der Waals surface area contributed by atoms with Crippen LogP contribution in [-0.2, 0) is 0 Å². The number of methoxy groups -OCH3 is 1. The van der Waals surface area contributed by atoms with E-state index in [0.29, 0.717) is 35.0 Å². The van der Waals surface area contributed by atoms with E-state index < -0.39 is 0 Å². The summed E-state index contributed by atoms with van der Waals surface area (Å²) in [5, 5.41) is 21.2. The largest absolute Gasteiger partial charge is 0.495 e. The Kier molecular flexibility index (Phi) is 8.06. The lowest BCUT2D eigenvalue weighted by Crippen LogP contribution is -2.37. The van der Waals surface area contributed by atoms with Gasteiger partial charge in [0.2, 0.25) is 5.95 Å². The van der Waals surface area contributed by atoms with Crippen LogP contribution < -0.4 is 24.8 Å². The smallest absolute Gasteiger partial charge is 0.231 e. The predicted octanol–water partition coefficient (Wildman–Crippen LogP) is 3.53. The first-order valence-corrected chi connectivity index (χ1v) is 11.3. The van der Waals surface area contributed by atoms with Crippen LogP contribution in [0.25, 0.3) is 0 Å². The fraction of sp³-hybridized carbons (Fsp3) is 0.500. The molecule has 1 saturated heterocycles. The molecule has 0 amide bonds. The third-order valence-corrected chi connectivity index (χ3v) is 6.18. The number of aromatic nitrogens is 2. The number of ether oxygens (including phenoxy) is 1. The molecule has 1 atom stereocenters. The molecular weight excluding hydrogens is 416 g/mol. The Labute approximate surface area is 196 Å². The highest BCUT2D eigenvalue weighted by Crippen LogP contribution is 2.34. The van der Waals surface area contributed by atoms with Crippen LogP contribution in [-0.4, -0.2) is 63.2 Å². The van der Waals surface area contributed by atoms with Crippen LogP contribution in [0.1, 0.15) is 38.2 Å². The summed E-state index contributed by atoms with van der Waals surface area (Å²) in [6.07, 6.45) is 6.30. The number of benzene rings is 1. The average molecular weight is 451 g/mol. The van der Waals surface area contributed by atoms with Gasteiger partial charge in [-0.05, 0) is 50.9 Å². The molecule has 0 bridgehead atoms. The Morgan fingerprint density at radius 3 is 2.73 bits per heavy atom. The summed E-state index contributed by atoms with van der Waals surface area (Å²) in [6, 6.07) is 8.48. The minimum absolute atomic E-state index is 0.402. The Morgan fingerprint density at radius 1 is 1.30 bits per heavy atom. The van der Waals surface area contributed by atoms with Gasteiger partial charge in [-0.15, -0.1) is 0 Å². The first-order valence-electron chi connectivity index (χ1n) is 11.3. The lowest BCUT2D eigenvalue weighted by molar-refractivity contribution is 0.384. The lowest BCUT2D eigenvalue weighted by Gasteiger charge is -2.27. The fourth-order valence-corrected chi connectivity index (χ4v) is 3.97. The maximum Gasteiger partial charge on any atom is 0.231 e. The van der Waals surface area contributed by atoms with Crippen LogP contribution in [0.2, 0.25) is 0 Å². The van der Waals surface area contributed by atoms with Gasteiger partial charge in [0.05, 0.1) is 24.8 Å². The van der Waals surface area contributed by atoms with Gasteiger partial charge in [0.25, 0.3) is 0 Å². The monoisotopic (exact) mass is 450 g/mol. The van der Waals surface area contributed by atoms with Gasteiger partial charge in [-0.25, -0.2) is 4.98 Å². The van der Waals surface area contributed by atoms with Gasteiger partial charge in [-0.3, -0.25) is 5.41 Å². The van der Waals surface area contributed by atoms with Crippen molar-refractivity contribution in [3.63, 3.8) is 0 Å². The number of anilines is 4. The topological polar surface area (TPSA) is 104 Å². The molecule has 0 radical (unpaired) electrons. The molecule has 9 nitrogen and oxygen atoms in total. The van der Waals surface area contributed by atoms with Crippen molar-refractivity contribution in [2.75, 3.05) is 56.0 Å². The van der Waals surface area contributed by atoms with Gasteiger partial charge in [-0.1, -0.05) is 6.42 Å². The van der Waals surface area contributed by atoms with Crippen LogP contribution >= 0.6 is 0 Å². The Morgan fingerprint density at radius 2 is 2.09 bits per heavy atom. The van der Waals surface area contributed by atoms with E-state index in [1.807, 2.05) is 49.1 Å². The van der Waals surface area contributed by atoms with E-state index in [2.05, 4.69) is 16.4 Å². The van der Waals surface area contributed by atoms with E-state index in [4.69, 9.17) is 15.1 Å². The molecule has 0 saturated carbocycles.